The molecule has 2 rings (SSSR count). The molecule has 0 bridgehead atoms. The first kappa shape index (κ1) is 23.9. The van der Waals surface area contributed by atoms with E-state index in [1.165, 1.54) is 26.3 Å². The van der Waals surface area contributed by atoms with E-state index in [2.05, 4.69) is 17.6 Å². The largest absolute Gasteiger partial charge is 0.496 e. The van der Waals surface area contributed by atoms with Crippen molar-refractivity contribution in [2.45, 2.75) is 44.9 Å². The van der Waals surface area contributed by atoms with Gasteiger partial charge in [0.1, 0.15) is 5.75 Å². The maximum atomic E-state index is 12.9. The lowest BCUT2D eigenvalue weighted by Gasteiger charge is -2.20. The van der Waals surface area contributed by atoms with Gasteiger partial charge in [0.15, 0.2) is 0 Å². The minimum Gasteiger partial charge on any atom is -0.496 e. The third-order valence-corrected chi connectivity index (χ3v) is 5.18. The number of anilines is 1. The van der Waals surface area contributed by atoms with Gasteiger partial charge >= 0.3 is 5.97 Å². The molecule has 0 saturated heterocycles. The Balaban J connectivity index is 2.26. The van der Waals surface area contributed by atoms with Crippen molar-refractivity contribution in [3.05, 3.63) is 59.2 Å². The number of hydrogen-bond acceptors (Lipinski definition) is 4. The average Bonchev–Trinajstić information content (AvgIpc) is 2.77. The summed E-state index contributed by atoms with van der Waals surface area (Å²) < 4.78 is 5.44. The molecular formula is C24H30N2O5. The second-order valence-corrected chi connectivity index (χ2v) is 7.33. The fraction of sp³-hybridized carbons (Fsp3) is 0.375. The van der Waals surface area contributed by atoms with E-state index in [-0.39, 0.29) is 29.7 Å². The van der Waals surface area contributed by atoms with Crippen LogP contribution in [0.4, 0.5) is 5.69 Å². The molecule has 0 heterocycles. The zero-order valence-electron chi connectivity index (χ0n) is 18.2. The van der Waals surface area contributed by atoms with Gasteiger partial charge in [-0.3, -0.25) is 9.59 Å². The number of carboxylic acid groups (broad SMARTS) is 1. The number of aromatic carboxylic acids is 1. The Kier molecular flexibility index (Phi) is 9.06. The van der Waals surface area contributed by atoms with Crippen LogP contribution in [0.2, 0.25) is 0 Å². The second kappa shape index (κ2) is 11.7. The van der Waals surface area contributed by atoms with Crippen LogP contribution >= 0.6 is 0 Å². The summed E-state index contributed by atoms with van der Waals surface area (Å²) in [5, 5.41) is 14.7. The first-order valence-electron chi connectivity index (χ1n) is 10.4. The molecule has 2 amide bonds. The molecule has 7 heteroatoms. The molecule has 0 aliphatic rings. The van der Waals surface area contributed by atoms with Gasteiger partial charge in [0, 0.05) is 13.5 Å². The Morgan fingerprint density at radius 3 is 2.48 bits per heavy atom. The number of amides is 2. The SMILES string of the molecule is CCCCCC(CC(=O)Nc1ccccc1C(=O)NC)c1ccc(C(=O)O)cc1OC. The molecule has 0 aromatic heterocycles. The molecule has 1 unspecified atom stereocenters. The van der Waals surface area contributed by atoms with E-state index in [4.69, 9.17) is 4.74 Å². The van der Waals surface area contributed by atoms with Gasteiger partial charge < -0.3 is 20.5 Å². The summed E-state index contributed by atoms with van der Waals surface area (Å²) in [5.41, 5.74) is 1.78. The van der Waals surface area contributed by atoms with Crippen LogP contribution in [0.3, 0.4) is 0 Å². The molecule has 7 nitrogen and oxygen atoms in total. The molecule has 0 saturated carbocycles. The number of unbranched alkanes of at least 4 members (excludes halogenated alkanes) is 2. The van der Waals surface area contributed by atoms with E-state index in [0.717, 1.165) is 31.2 Å². The number of carbonyl (C=O) groups excluding carboxylic acids is 2. The van der Waals surface area contributed by atoms with Crippen molar-refractivity contribution in [3.63, 3.8) is 0 Å². The molecule has 0 aliphatic heterocycles. The number of methoxy groups -OCH3 is 1. The minimum absolute atomic E-state index is 0.136. The zero-order chi connectivity index (χ0) is 22.8. The zero-order valence-corrected chi connectivity index (χ0v) is 18.2. The van der Waals surface area contributed by atoms with Gasteiger partial charge in [-0.05, 0) is 42.2 Å². The topological polar surface area (TPSA) is 105 Å². The van der Waals surface area contributed by atoms with Crippen molar-refractivity contribution in [3.8, 4) is 5.75 Å². The van der Waals surface area contributed by atoms with Crippen molar-refractivity contribution in [2.75, 3.05) is 19.5 Å². The molecular weight excluding hydrogens is 396 g/mol. The van der Waals surface area contributed by atoms with Crippen LogP contribution in [0, 0.1) is 0 Å². The maximum Gasteiger partial charge on any atom is 0.335 e. The van der Waals surface area contributed by atoms with Gasteiger partial charge in [-0.15, -0.1) is 0 Å². The minimum atomic E-state index is -1.03. The van der Waals surface area contributed by atoms with E-state index < -0.39 is 5.97 Å². The third kappa shape index (κ3) is 6.57. The summed E-state index contributed by atoms with van der Waals surface area (Å²) in [4.78, 5) is 36.3. The molecule has 0 radical (unpaired) electrons. The average molecular weight is 427 g/mol. The monoisotopic (exact) mass is 426 g/mol. The number of carboxylic acids is 1. The number of benzene rings is 2. The smallest absolute Gasteiger partial charge is 0.335 e. The summed E-state index contributed by atoms with van der Waals surface area (Å²) in [7, 11) is 3.03. The van der Waals surface area contributed by atoms with Gasteiger partial charge in [-0.1, -0.05) is 44.4 Å². The van der Waals surface area contributed by atoms with Crippen LogP contribution in [0.15, 0.2) is 42.5 Å². The van der Waals surface area contributed by atoms with Crippen molar-refractivity contribution in [1.82, 2.24) is 5.32 Å². The van der Waals surface area contributed by atoms with Crippen molar-refractivity contribution >= 4 is 23.5 Å². The standard InChI is InChI=1S/C24H30N2O5/c1-4-5-6-9-16(18-13-12-17(24(29)30)14-21(18)31-3)15-22(27)26-20-11-8-7-10-19(20)23(28)25-2/h7-8,10-14,16H,4-6,9,15H2,1-3H3,(H,25,28)(H,26,27)(H,29,30). The Morgan fingerprint density at radius 2 is 1.84 bits per heavy atom. The molecule has 2 aromatic rings. The number of para-hydroxylation sites is 1. The maximum absolute atomic E-state index is 12.9. The highest BCUT2D eigenvalue weighted by atomic mass is 16.5. The molecule has 1 atom stereocenters. The van der Waals surface area contributed by atoms with Gasteiger partial charge in [0.05, 0.1) is 23.9 Å². The summed E-state index contributed by atoms with van der Waals surface area (Å²) in [6.45, 7) is 2.11. The fourth-order valence-corrected chi connectivity index (χ4v) is 3.54. The first-order chi connectivity index (χ1) is 14.9. The van der Waals surface area contributed by atoms with E-state index >= 15 is 0 Å². The highest BCUT2D eigenvalue weighted by Gasteiger charge is 2.22. The molecule has 2 aromatic carbocycles. The van der Waals surface area contributed by atoms with Crippen LogP contribution in [-0.2, 0) is 4.79 Å². The van der Waals surface area contributed by atoms with Crippen LogP contribution in [0.25, 0.3) is 0 Å². The Bertz CT molecular complexity index is 926. The first-order valence-corrected chi connectivity index (χ1v) is 10.4. The summed E-state index contributed by atoms with van der Waals surface area (Å²) in [6, 6.07) is 11.6. The van der Waals surface area contributed by atoms with E-state index in [0.29, 0.717) is 17.0 Å². The lowest BCUT2D eigenvalue weighted by molar-refractivity contribution is -0.116. The van der Waals surface area contributed by atoms with E-state index in [1.807, 2.05) is 0 Å². The molecule has 0 spiro atoms. The molecule has 31 heavy (non-hydrogen) atoms. The quantitative estimate of drug-likeness (QED) is 0.461. The lowest BCUT2D eigenvalue weighted by atomic mass is 9.88. The number of nitrogens with one attached hydrogen (secondary N) is 2. The van der Waals surface area contributed by atoms with E-state index in [9.17, 15) is 19.5 Å². The normalized spacial score (nSPS) is 11.5. The van der Waals surface area contributed by atoms with E-state index in [1.54, 1.807) is 30.3 Å². The van der Waals surface area contributed by atoms with Gasteiger partial charge in [0.25, 0.3) is 5.91 Å². The molecule has 166 valence electrons. The Morgan fingerprint density at radius 1 is 1.10 bits per heavy atom. The van der Waals surface area contributed by atoms with Crippen LogP contribution in [0.1, 0.15) is 71.2 Å². The van der Waals surface area contributed by atoms with Gasteiger partial charge in [-0.25, -0.2) is 4.79 Å². The molecule has 0 fully saturated rings. The lowest BCUT2D eigenvalue weighted by Crippen LogP contribution is -2.22. The predicted octanol–water partition coefficient (Wildman–Crippen LogP) is 4.45. The summed E-state index contributed by atoms with van der Waals surface area (Å²) in [6.07, 6.45) is 3.98. The van der Waals surface area contributed by atoms with Crippen LogP contribution in [0.5, 0.6) is 5.75 Å². The number of hydrogen-bond donors (Lipinski definition) is 3. The summed E-state index contributed by atoms with van der Waals surface area (Å²) in [5.74, 6) is -1.21. The number of carbonyl (C=O) groups is 3. The van der Waals surface area contributed by atoms with Gasteiger partial charge in [-0.2, -0.15) is 0 Å². The van der Waals surface area contributed by atoms with Crippen molar-refractivity contribution in [2.24, 2.45) is 0 Å². The highest BCUT2D eigenvalue weighted by molar-refractivity contribution is 6.03. The van der Waals surface area contributed by atoms with Crippen LogP contribution < -0.4 is 15.4 Å². The van der Waals surface area contributed by atoms with Gasteiger partial charge in [0.2, 0.25) is 5.91 Å². The highest BCUT2D eigenvalue weighted by Crippen LogP contribution is 2.34. The molecule has 3 N–H and O–H groups in total. The predicted molar refractivity (Wildman–Crippen MR) is 120 cm³/mol. The van der Waals surface area contributed by atoms with Crippen molar-refractivity contribution < 1.29 is 24.2 Å². The Hall–Kier alpha value is -3.35. The third-order valence-electron chi connectivity index (χ3n) is 5.18. The fourth-order valence-electron chi connectivity index (χ4n) is 3.54. The van der Waals surface area contributed by atoms with Crippen LogP contribution in [-0.4, -0.2) is 37.0 Å². The molecule has 0 aliphatic carbocycles. The summed E-state index contributed by atoms with van der Waals surface area (Å²) >= 11 is 0. The second-order valence-electron chi connectivity index (χ2n) is 7.33. The number of ether oxygens (including phenoxy) is 1. The number of rotatable bonds is 11. The Labute approximate surface area is 182 Å². The van der Waals surface area contributed by atoms with Crippen molar-refractivity contribution in [1.29, 1.82) is 0 Å².